The SMILES string of the molecule is CC(O)C(O)CC1(O)C2CCC1CC(S(=O)(=O)c1cc(C(=O)Nc3cc(F)c(F)c(F)c3)ccc1Cl)C2. The van der Waals surface area contributed by atoms with Gasteiger partial charge in [0, 0.05) is 29.8 Å². The molecular weight excluding hydrogens is 535 g/mol. The van der Waals surface area contributed by atoms with Gasteiger partial charge < -0.3 is 20.6 Å². The average molecular weight is 562 g/mol. The van der Waals surface area contributed by atoms with E-state index < -0.39 is 68.1 Å². The lowest BCUT2D eigenvalue weighted by atomic mass is 9.71. The first-order valence-corrected chi connectivity index (χ1v) is 13.7. The lowest BCUT2D eigenvalue weighted by Crippen LogP contribution is -2.51. The van der Waals surface area contributed by atoms with Crippen LogP contribution in [-0.2, 0) is 9.84 Å². The number of sulfone groups is 1. The Morgan fingerprint density at radius 1 is 1.11 bits per heavy atom. The Morgan fingerprint density at radius 3 is 2.22 bits per heavy atom. The van der Waals surface area contributed by atoms with Crippen molar-refractivity contribution < 1.29 is 41.7 Å². The molecular formula is C25H27ClF3NO6S. The van der Waals surface area contributed by atoms with Crippen LogP contribution in [0.15, 0.2) is 35.2 Å². The fourth-order valence-electron chi connectivity index (χ4n) is 5.58. The van der Waals surface area contributed by atoms with Crippen molar-refractivity contribution in [3.8, 4) is 0 Å². The summed E-state index contributed by atoms with van der Waals surface area (Å²) in [5.74, 6) is -6.39. The monoisotopic (exact) mass is 561 g/mol. The lowest BCUT2D eigenvalue weighted by Gasteiger charge is -2.43. The molecule has 0 saturated heterocycles. The molecule has 37 heavy (non-hydrogen) atoms. The predicted octanol–water partition coefficient (Wildman–Crippen LogP) is 3.83. The Kier molecular flexibility index (Phi) is 7.66. The highest BCUT2D eigenvalue weighted by Gasteiger charge is 2.56. The van der Waals surface area contributed by atoms with E-state index in [1.165, 1.54) is 19.1 Å². The van der Waals surface area contributed by atoms with Gasteiger partial charge in [0.15, 0.2) is 27.3 Å². The van der Waals surface area contributed by atoms with Gasteiger partial charge in [-0.1, -0.05) is 11.6 Å². The van der Waals surface area contributed by atoms with Crippen LogP contribution in [0.5, 0.6) is 0 Å². The van der Waals surface area contributed by atoms with Gasteiger partial charge >= 0.3 is 0 Å². The molecule has 1 amide bonds. The molecule has 4 unspecified atom stereocenters. The molecule has 4 atom stereocenters. The highest BCUT2D eigenvalue weighted by molar-refractivity contribution is 7.92. The number of fused-ring (bicyclic) bond motifs is 2. The second-order valence-corrected chi connectivity index (χ2v) is 12.6. The minimum Gasteiger partial charge on any atom is -0.391 e. The maximum atomic E-state index is 13.6. The van der Waals surface area contributed by atoms with Gasteiger partial charge in [-0.05, 0) is 62.6 Å². The fraction of sp³-hybridized carbons (Fsp3) is 0.480. The van der Waals surface area contributed by atoms with Crippen molar-refractivity contribution in [3.63, 3.8) is 0 Å². The first kappa shape index (κ1) is 27.8. The third-order valence-electron chi connectivity index (χ3n) is 7.65. The van der Waals surface area contributed by atoms with Crippen molar-refractivity contribution in [1.82, 2.24) is 0 Å². The number of anilines is 1. The summed E-state index contributed by atoms with van der Waals surface area (Å²) in [5, 5.41) is 32.3. The van der Waals surface area contributed by atoms with Crippen molar-refractivity contribution in [2.45, 2.75) is 67.0 Å². The van der Waals surface area contributed by atoms with E-state index in [1.807, 2.05) is 0 Å². The van der Waals surface area contributed by atoms with E-state index in [2.05, 4.69) is 5.32 Å². The number of carbonyl (C=O) groups excluding carboxylic acids is 1. The largest absolute Gasteiger partial charge is 0.391 e. The zero-order valence-electron chi connectivity index (χ0n) is 19.8. The van der Waals surface area contributed by atoms with Gasteiger partial charge in [-0.15, -0.1) is 0 Å². The van der Waals surface area contributed by atoms with Crippen LogP contribution in [0.3, 0.4) is 0 Å². The number of nitrogens with one attached hydrogen (secondary N) is 1. The molecule has 4 N–H and O–H groups in total. The molecule has 7 nitrogen and oxygen atoms in total. The maximum Gasteiger partial charge on any atom is 0.255 e. The summed E-state index contributed by atoms with van der Waals surface area (Å²) in [6.45, 7) is 1.42. The number of rotatable bonds is 7. The molecule has 2 aliphatic rings. The van der Waals surface area contributed by atoms with Crippen molar-refractivity contribution >= 4 is 33.0 Å². The van der Waals surface area contributed by atoms with Gasteiger partial charge in [0.05, 0.1) is 33.0 Å². The van der Waals surface area contributed by atoms with Gasteiger partial charge in [0.25, 0.3) is 5.91 Å². The first-order valence-electron chi connectivity index (χ1n) is 11.8. The second-order valence-electron chi connectivity index (χ2n) is 9.97. The maximum absolute atomic E-state index is 13.6. The molecule has 4 rings (SSSR count). The number of amides is 1. The molecule has 2 fully saturated rings. The van der Waals surface area contributed by atoms with Crippen molar-refractivity contribution in [1.29, 1.82) is 0 Å². The molecule has 2 aromatic carbocycles. The Hall–Kier alpha value is -2.18. The number of hydrogen-bond donors (Lipinski definition) is 4. The summed E-state index contributed by atoms with van der Waals surface area (Å²) in [4.78, 5) is 12.4. The Bertz CT molecular complexity index is 1280. The second kappa shape index (κ2) is 10.2. The summed E-state index contributed by atoms with van der Waals surface area (Å²) in [6.07, 6.45) is -0.880. The van der Waals surface area contributed by atoms with Gasteiger partial charge in [-0.3, -0.25) is 4.79 Å². The van der Waals surface area contributed by atoms with Crippen LogP contribution in [0.25, 0.3) is 0 Å². The first-order chi connectivity index (χ1) is 17.2. The Morgan fingerprint density at radius 2 is 1.68 bits per heavy atom. The molecule has 0 aliphatic heterocycles. The molecule has 0 heterocycles. The van der Waals surface area contributed by atoms with Crippen molar-refractivity contribution in [2.75, 3.05) is 5.32 Å². The molecule has 2 aromatic rings. The quantitative estimate of drug-likeness (QED) is 0.381. The van der Waals surface area contributed by atoms with E-state index in [0.717, 1.165) is 6.07 Å². The van der Waals surface area contributed by atoms with Gasteiger partial charge in [-0.2, -0.15) is 0 Å². The topological polar surface area (TPSA) is 124 Å². The molecule has 2 bridgehead atoms. The number of hydrogen-bond acceptors (Lipinski definition) is 6. The zero-order chi connectivity index (χ0) is 27.3. The molecule has 202 valence electrons. The third kappa shape index (κ3) is 5.24. The Balaban J connectivity index is 1.57. The summed E-state index contributed by atoms with van der Waals surface area (Å²) in [5.41, 5.74) is -1.81. The summed E-state index contributed by atoms with van der Waals surface area (Å²) >= 11 is 6.21. The van der Waals surface area contributed by atoms with Crippen LogP contribution in [0.1, 0.15) is 49.4 Å². The minimum absolute atomic E-state index is 0.0618. The molecule has 0 spiro atoms. The van der Waals surface area contributed by atoms with Crippen LogP contribution < -0.4 is 5.32 Å². The molecule has 0 radical (unpaired) electrons. The summed E-state index contributed by atoms with van der Waals surface area (Å²) in [7, 11) is -4.07. The standard InChI is InChI=1S/C25H27ClF3NO6S/c1-12(31)21(32)11-25(34)14-3-4-15(25)8-17(7-14)37(35,36)22-6-13(2-5-18(22)26)24(33)30-16-9-19(27)23(29)20(28)10-16/h2,5-6,9-10,12,14-15,17,21,31-32,34H,3-4,7-8,11H2,1H3,(H,30,33). The highest BCUT2D eigenvalue weighted by atomic mass is 35.5. The number of halogens is 4. The number of benzene rings is 2. The van der Waals surface area contributed by atoms with Gasteiger partial charge in [0.2, 0.25) is 0 Å². The lowest BCUT2D eigenvalue weighted by molar-refractivity contribution is -0.106. The van der Waals surface area contributed by atoms with E-state index in [4.69, 9.17) is 11.6 Å². The molecule has 2 saturated carbocycles. The zero-order valence-corrected chi connectivity index (χ0v) is 21.4. The fourth-order valence-corrected chi connectivity index (χ4v) is 7.98. The summed E-state index contributed by atoms with van der Waals surface area (Å²) < 4.78 is 67.4. The number of aliphatic hydroxyl groups excluding tert-OH is 2. The van der Waals surface area contributed by atoms with E-state index in [9.17, 15) is 41.7 Å². The smallest absolute Gasteiger partial charge is 0.255 e. The van der Waals surface area contributed by atoms with Crippen LogP contribution in [0, 0.1) is 29.3 Å². The van der Waals surface area contributed by atoms with Gasteiger partial charge in [-0.25, -0.2) is 21.6 Å². The van der Waals surface area contributed by atoms with Crippen LogP contribution in [0.2, 0.25) is 5.02 Å². The van der Waals surface area contributed by atoms with Crippen molar-refractivity contribution in [2.24, 2.45) is 11.8 Å². The van der Waals surface area contributed by atoms with Crippen LogP contribution >= 0.6 is 11.6 Å². The molecule has 0 aromatic heterocycles. The predicted molar refractivity (Wildman–Crippen MR) is 129 cm³/mol. The van der Waals surface area contributed by atoms with E-state index in [1.54, 1.807) is 0 Å². The van der Waals surface area contributed by atoms with Gasteiger partial charge in [0.1, 0.15) is 0 Å². The number of carbonyl (C=O) groups is 1. The average Bonchev–Trinajstić information content (AvgIpc) is 2.98. The summed E-state index contributed by atoms with van der Waals surface area (Å²) in [6, 6.07) is 4.73. The van der Waals surface area contributed by atoms with Crippen LogP contribution in [0.4, 0.5) is 18.9 Å². The van der Waals surface area contributed by atoms with Crippen molar-refractivity contribution in [3.05, 3.63) is 58.4 Å². The van der Waals surface area contributed by atoms with Crippen LogP contribution in [-0.4, -0.2) is 52.7 Å². The number of aliphatic hydroxyl groups is 3. The van der Waals surface area contributed by atoms with E-state index >= 15 is 0 Å². The normalized spacial score (nSPS) is 27.1. The van der Waals surface area contributed by atoms with E-state index in [0.29, 0.717) is 25.0 Å². The molecule has 12 heteroatoms. The Labute approximate surface area is 217 Å². The molecule has 2 aliphatic carbocycles. The highest BCUT2D eigenvalue weighted by Crippen LogP contribution is 2.54. The van der Waals surface area contributed by atoms with E-state index in [-0.39, 0.29) is 40.4 Å². The third-order valence-corrected chi connectivity index (χ3v) is 10.3. The minimum atomic E-state index is -4.07.